The number of methoxy groups -OCH3 is 1. The molecule has 1 saturated heterocycles. The van der Waals surface area contributed by atoms with Crippen LogP contribution in [0.2, 0.25) is 10.0 Å². The van der Waals surface area contributed by atoms with Crippen molar-refractivity contribution in [3.63, 3.8) is 0 Å². The molecule has 112 valence electrons. The first kappa shape index (κ1) is 15.9. The summed E-state index contributed by atoms with van der Waals surface area (Å²) < 4.78 is 31.7. The molecule has 20 heavy (non-hydrogen) atoms. The Morgan fingerprint density at radius 3 is 2.35 bits per heavy atom. The van der Waals surface area contributed by atoms with Crippen molar-refractivity contribution in [1.29, 1.82) is 0 Å². The standard InChI is InChI=1S/C12H16Cl2N2O3S/c1-15-3-5-16(6-4-15)20(17,18)12-8-9(13)11(19-2)7-10(12)14/h7-8H,3-6H2,1-2H3/p+1. The van der Waals surface area contributed by atoms with Gasteiger partial charge in [-0.3, -0.25) is 0 Å². The topological polar surface area (TPSA) is 51.1 Å². The average molecular weight is 340 g/mol. The van der Waals surface area contributed by atoms with Crippen molar-refractivity contribution in [3.05, 3.63) is 22.2 Å². The molecule has 0 spiro atoms. The van der Waals surface area contributed by atoms with E-state index in [-0.39, 0.29) is 14.9 Å². The van der Waals surface area contributed by atoms with Crippen LogP contribution in [0.4, 0.5) is 0 Å². The van der Waals surface area contributed by atoms with Crippen LogP contribution in [0.15, 0.2) is 17.0 Å². The third kappa shape index (κ3) is 3.04. The molecule has 1 aliphatic rings. The van der Waals surface area contributed by atoms with Gasteiger partial charge in [0.25, 0.3) is 0 Å². The minimum absolute atomic E-state index is 0.0320. The first-order valence-electron chi connectivity index (χ1n) is 6.20. The number of ether oxygens (including phenoxy) is 1. The van der Waals surface area contributed by atoms with Crippen LogP contribution in [-0.4, -0.2) is 53.1 Å². The number of halogens is 2. The molecule has 0 unspecified atom stereocenters. The molecule has 0 atom stereocenters. The Bertz CT molecular complexity index is 599. The molecule has 0 amide bonds. The van der Waals surface area contributed by atoms with E-state index in [9.17, 15) is 8.42 Å². The number of piperazine rings is 1. The molecule has 0 bridgehead atoms. The van der Waals surface area contributed by atoms with E-state index >= 15 is 0 Å². The Labute approximate surface area is 129 Å². The molecule has 5 nitrogen and oxygen atoms in total. The highest BCUT2D eigenvalue weighted by Gasteiger charge is 2.31. The van der Waals surface area contributed by atoms with Crippen LogP contribution in [0.3, 0.4) is 0 Å². The zero-order chi connectivity index (χ0) is 14.9. The lowest BCUT2D eigenvalue weighted by Crippen LogP contribution is -3.12. The summed E-state index contributed by atoms with van der Waals surface area (Å²) in [5.74, 6) is 0.360. The maximum atomic E-state index is 12.6. The quantitative estimate of drug-likeness (QED) is 0.873. The van der Waals surface area contributed by atoms with E-state index in [0.29, 0.717) is 18.8 Å². The van der Waals surface area contributed by atoms with Crippen molar-refractivity contribution in [1.82, 2.24) is 4.31 Å². The van der Waals surface area contributed by atoms with Gasteiger partial charge in [-0.1, -0.05) is 23.2 Å². The fraction of sp³-hybridized carbons (Fsp3) is 0.500. The van der Waals surface area contributed by atoms with Gasteiger partial charge in [0.15, 0.2) is 0 Å². The predicted octanol–water partition coefficient (Wildman–Crippen LogP) is 0.521. The van der Waals surface area contributed by atoms with Crippen molar-refractivity contribution in [2.24, 2.45) is 0 Å². The molecule has 1 aliphatic heterocycles. The minimum Gasteiger partial charge on any atom is -0.495 e. The Morgan fingerprint density at radius 1 is 1.20 bits per heavy atom. The lowest BCUT2D eigenvalue weighted by atomic mass is 10.3. The first-order valence-corrected chi connectivity index (χ1v) is 8.40. The maximum Gasteiger partial charge on any atom is 0.245 e. The number of nitrogens with one attached hydrogen (secondary N) is 1. The van der Waals surface area contributed by atoms with Gasteiger partial charge in [-0.05, 0) is 6.07 Å². The summed E-state index contributed by atoms with van der Waals surface area (Å²) >= 11 is 12.1. The third-order valence-corrected chi connectivity index (χ3v) is 6.06. The zero-order valence-corrected chi connectivity index (χ0v) is 13.6. The van der Waals surface area contributed by atoms with Gasteiger partial charge in [-0.2, -0.15) is 4.31 Å². The molecule has 2 rings (SSSR count). The fourth-order valence-corrected chi connectivity index (χ4v) is 4.38. The van der Waals surface area contributed by atoms with Gasteiger partial charge in [0.1, 0.15) is 10.6 Å². The molecule has 0 aliphatic carbocycles. The summed E-state index contributed by atoms with van der Waals surface area (Å²) in [7, 11) is -0.119. The highest BCUT2D eigenvalue weighted by Crippen LogP contribution is 2.34. The van der Waals surface area contributed by atoms with Crippen molar-refractivity contribution in [2.75, 3.05) is 40.3 Å². The van der Waals surface area contributed by atoms with Crippen LogP contribution in [0.5, 0.6) is 5.75 Å². The van der Waals surface area contributed by atoms with Crippen molar-refractivity contribution < 1.29 is 18.1 Å². The lowest BCUT2D eigenvalue weighted by molar-refractivity contribution is -0.883. The van der Waals surface area contributed by atoms with Crippen LogP contribution >= 0.6 is 23.2 Å². The molecule has 0 radical (unpaired) electrons. The van der Waals surface area contributed by atoms with E-state index in [1.165, 1.54) is 28.4 Å². The zero-order valence-electron chi connectivity index (χ0n) is 11.3. The van der Waals surface area contributed by atoms with Crippen molar-refractivity contribution in [3.8, 4) is 5.75 Å². The monoisotopic (exact) mass is 339 g/mol. The summed E-state index contributed by atoms with van der Waals surface area (Å²) in [6.07, 6.45) is 0. The number of benzene rings is 1. The number of rotatable bonds is 3. The van der Waals surface area contributed by atoms with Crippen LogP contribution in [0.25, 0.3) is 0 Å². The summed E-state index contributed by atoms with van der Waals surface area (Å²) in [5.41, 5.74) is 0. The molecule has 0 saturated carbocycles. The summed E-state index contributed by atoms with van der Waals surface area (Å²) in [6.45, 7) is 2.52. The largest absolute Gasteiger partial charge is 0.495 e. The van der Waals surface area contributed by atoms with Crippen LogP contribution in [0.1, 0.15) is 0 Å². The third-order valence-electron chi connectivity index (χ3n) is 3.40. The molecule has 1 heterocycles. The molecule has 8 heteroatoms. The second-order valence-corrected chi connectivity index (χ2v) is 7.50. The smallest absolute Gasteiger partial charge is 0.245 e. The van der Waals surface area contributed by atoms with E-state index in [1.807, 2.05) is 7.05 Å². The number of hydrogen-bond donors (Lipinski definition) is 1. The normalized spacial score (nSPS) is 18.2. The fourth-order valence-electron chi connectivity index (χ4n) is 2.11. The molecular weight excluding hydrogens is 323 g/mol. The van der Waals surface area contributed by atoms with E-state index in [4.69, 9.17) is 27.9 Å². The number of quaternary nitrogens is 1. The number of hydrogen-bond acceptors (Lipinski definition) is 3. The van der Waals surface area contributed by atoms with E-state index in [1.54, 1.807) is 0 Å². The van der Waals surface area contributed by atoms with Gasteiger partial charge in [-0.25, -0.2) is 8.42 Å². The summed E-state index contributed by atoms with van der Waals surface area (Å²) in [5, 5.41) is 0.354. The Kier molecular flexibility index (Phi) is 4.81. The van der Waals surface area contributed by atoms with Gasteiger partial charge < -0.3 is 9.64 Å². The summed E-state index contributed by atoms with van der Waals surface area (Å²) in [4.78, 5) is 1.35. The maximum absolute atomic E-state index is 12.6. The lowest BCUT2D eigenvalue weighted by Gasteiger charge is -2.29. The predicted molar refractivity (Wildman–Crippen MR) is 78.4 cm³/mol. The second-order valence-electron chi connectivity index (χ2n) is 4.78. The molecule has 1 aromatic carbocycles. The van der Waals surface area contributed by atoms with Crippen molar-refractivity contribution >= 4 is 33.2 Å². The highest BCUT2D eigenvalue weighted by molar-refractivity contribution is 7.89. The van der Waals surface area contributed by atoms with Crippen LogP contribution in [0, 0.1) is 0 Å². The molecule has 1 N–H and O–H groups in total. The van der Waals surface area contributed by atoms with Gasteiger partial charge in [0, 0.05) is 6.07 Å². The van der Waals surface area contributed by atoms with Gasteiger partial charge in [0.2, 0.25) is 10.0 Å². The number of likely N-dealkylation sites (N-methyl/N-ethyl adjacent to an activating group) is 1. The van der Waals surface area contributed by atoms with Crippen LogP contribution < -0.4 is 9.64 Å². The Morgan fingerprint density at radius 2 is 1.80 bits per heavy atom. The minimum atomic E-state index is -3.62. The molecule has 0 aromatic heterocycles. The first-order chi connectivity index (χ1) is 9.36. The second kappa shape index (κ2) is 6.07. The van der Waals surface area contributed by atoms with Crippen LogP contribution in [-0.2, 0) is 10.0 Å². The molecular formula is C12H17Cl2N2O3S+. The molecule has 1 aromatic rings. The van der Waals surface area contributed by atoms with Gasteiger partial charge >= 0.3 is 0 Å². The number of sulfonamides is 1. The van der Waals surface area contributed by atoms with E-state index in [0.717, 1.165) is 13.1 Å². The van der Waals surface area contributed by atoms with E-state index < -0.39 is 10.0 Å². The SMILES string of the molecule is COc1cc(Cl)c(S(=O)(=O)N2CC[NH+](C)CC2)cc1Cl. The van der Waals surface area contributed by atoms with Gasteiger partial charge in [0.05, 0.1) is 50.4 Å². The summed E-state index contributed by atoms with van der Waals surface area (Å²) in [6, 6.07) is 2.78. The van der Waals surface area contributed by atoms with Crippen molar-refractivity contribution in [2.45, 2.75) is 4.90 Å². The van der Waals surface area contributed by atoms with Gasteiger partial charge in [-0.15, -0.1) is 0 Å². The molecule has 1 fully saturated rings. The Balaban J connectivity index is 2.37. The Hall–Kier alpha value is -0.530. The van der Waals surface area contributed by atoms with E-state index in [2.05, 4.69) is 0 Å². The average Bonchev–Trinajstić information content (AvgIpc) is 2.41. The highest BCUT2D eigenvalue weighted by atomic mass is 35.5. The number of nitrogens with zero attached hydrogens (tertiary/aromatic N) is 1.